The SMILES string of the molecule is Cc1ccc(O)c(C(=O)NC(C)CCC(=O)O)c1. The van der Waals surface area contributed by atoms with Crippen LogP contribution < -0.4 is 5.32 Å². The number of phenolic OH excluding ortho intramolecular Hbond substituents is 1. The lowest BCUT2D eigenvalue weighted by molar-refractivity contribution is -0.137. The molecule has 0 heterocycles. The van der Waals surface area contributed by atoms with Gasteiger partial charge < -0.3 is 15.5 Å². The molecule has 5 nitrogen and oxygen atoms in total. The van der Waals surface area contributed by atoms with E-state index in [4.69, 9.17) is 5.11 Å². The summed E-state index contributed by atoms with van der Waals surface area (Å²) in [5.41, 5.74) is 1.08. The van der Waals surface area contributed by atoms with E-state index in [9.17, 15) is 14.7 Å². The minimum absolute atomic E-state index is 0.00124. The number of amides is 1. The molecule has 0 aliphatic carbocycles. The van der Waals surface area contributed by atoms with Crippen LogP contribution in [0.25, 0.3) is 0 Å². The Bertz CT molecular complexity index is 456. The molecule has 1 atom stereocenters. The second-order valence-corrected chi connectivity index (χ2v) is 4.33. The van der Waals surface area contributed by atoms with Gasteiger partial charge in [-0.05, 0) is 32.4 Å². The van der Waals surface area contributed by atoms with E-state index >= 15 is 0 Å². The third-order valence-electron chi connectivity index (χ3n) is 2.57. The topological polar surface area (TPSA) is 86.6 Å². The molecule has 18 heavy (non-hydrogen) atoms. The molecule has 0 bridgehead atoms. The first-order valence-electron chi connectivity index (χ1n) is 5.72. The summed E-state index contributed by atoms with van der Waals surface area (Å²) in [6.07, 6.45) is 0.356. The Labute approximate surface area is 105 Å². The Morgan fingerprint density at radius 3 is 2.67 bits per heavy atom. The summed E-state index contributed by atoms with van der Waals surface area (Å²) < 4.78 is 0. The number of carbonyl (C=O) groups excluding carboxylic acids is 1. The van der Waals surface area contributed by atoms with E-state index in [1.807, 2.05) is 6.92 Å². The lowest BCUT2D eigenvalue weighted by Gasteiger charge is -2.13. The predicted octanol–water partition coefficient (Wildman–Crippen LogP) is 1.68. The standard InChI is InChI=1S/C13H17NO4/c1-8-3-5-11(15)10(7-8)13(18)14-9(2)4-6-12(16)17/h3,5,7,9,15H,4,6H2,1-2H3,(H,14,18)(H,16,17). The number of aromatic hydroxyl groups is 1. The monoisotopic (exact) mass is 251 g/mol. The minimum atomic E-state index is -0.894. The van der Waals surface area contributed by atoms with Crippen LogP contribution in [0.15, 0.2) is 18.2 Å². The van der Waals surface area contributed by atoms with Crippen LogP contribution >= 0.6 is 0 Å². The van der Waals surface area contributed by atoms with Gasteiger partial charge in [-0.3, -0.25) is 9.59 Å². The van der Waals surface area contributed by atoms with Gasteiger partial charge in [-0.2, -0.15) is 0 Å². The highest BCUT2D eigenvalue weighted by atomic mass is 16.4. The number of carboxylic acid groups (broad SMARTS) is 1. The van der Waals surface area contributed by atoms with Gasteiger partial charge in [-0.15, -0.1) is 0 Å². The molecule has 1 aromatic carbocycles. The average molecular weight is 251 g/mol. The molecule has 1 rings (SSSR count). The van der Waals surface area contributed by atoms with E-state index in [1.165, 1.54) is 6.07 Å². The van der Waals surface area contributed by atoms with Gasteiger partial charge in [0.25, 0.3) is 5.91 Å². The highest BCUT2D eigenvalue weighted by Gasteiger charge is 2.14. The fraction of sp³-hybridized carbons (Fsp3) is 0.385. The summed E-state index contributed by atoms with van der Waals surface area (Å²) >= 11 is 0. The van der Waals surface area contributed by atoms with Gasteiger partial charge in [0.05, 0.1) is 5.56 Å². The molecule has 0 saturated heterocycles. The van der Waals surface area contributed by atoms with Crippen LogP contribution in [0.4, 0.5) is 0 Å². The van der Waals surface area contributed by atoms with Gasteiger partial charge in [0.1, 0.15) is 5.75 Å². The van der Waals surface area contributed by atoms with Gasteiger partial charge >= 0.3 is 5.97 Å². The average Bonchev–Trinajstić information content (AvgIpc) is 2.29. The molecule has 1 amide bonds. The van der Waals surface area contributed by atoms with Crippen molar-refractivity contribution in [1.82, 2.24) is 5.32 Å². The molecule has 0 fully saturated rings. The second kappa shape index (κ2) is 6.05. The van der Waals surface area contributed by atoms with Crippen LogP contribution in [0, 0.1) is 6.92 Å². The largest absolute Gasteiger partial charge is 0.507 e. The van der Waals surface area contributed by atoms with Crippen molar-refractivity contribution >= 4 is 11.9 Å². The normalized spacial score (nSPS) is 11.9. The molecule has 1 aromatic rings. The lowest BCUT2D eigenvalue weighted by Crippen LogP contribution is -2.33. The van der Waals surface area contributed by atoms with Gasteiger partial charge in [0.2, 0.25) is 0 Å². The van der Waals surface area contributed by atoms with Crippen LogP contribution in [-0.2, 0) is 4.79 Å². The fourth-order valence-electron chi connectivity index (χ4n) is 1.55. The zero-order valence-electron chi connectivity index (χ0n) is 10.4. The van der Waals surface area contributed by atoms with E-state index in [0.29, 0.717) is 6.42 Å². The lowest BCUT2D eigenvalue weighted by atomic mass is 10.1. The van der Waals surface area contributed by atoms with E-state index < -0.39 is 11.9 Å². The smallest absolute Gasteiger partial charge is 0.303 e. The van der Waals surface area contributed by atoms with Crippen molar-refractivity contribution in [3.05, 3.63) is 29.3 Å². The van der Waals surface area contributed by atoms with Crippen LogP contribution in [0.3, 0.4) is 0 Å². The zero-order chi connectivity index (χ0) is 13.7. The summed E-state index contributed by atoms with van der Waals surface area (Å²) in [6, 6.07) is 4.51. The molecule has 5 heteroatoms. The van der Waals surface area contributed by atoms with Gasteiger partial charge in [-0.1, -0.05) is 11.6 Å². The molecule has 0 spiro atoms. The summed E-state index contributed by atoms with van der Waals surface area (Å²) in [7, 11) is 0. The summed E-state index contributed by atoms with van der Waals surface area (Å²) in [6.45, 7) is 3.55. The molecular weight excluding hydrogens is 234 g/mol. The number of nitrogens with one attached hydrogen (secondary N) is 1. The number of rotatable bonds is 5. The number of benzene rings is 1. The molecule has 98 valence electrons. The number of carbonyl (C=O) groups is 2. The van der Waals surface area contributed by atoms with Gasteiger partial charge in [-0.25, -0.2) is 0 Å². The van der Waals surface area contributed by atoms with Crippen molar-refractivity contribution in [1.29, 1.82) is 0 Å². The molecule has 0 radical (unpaired) electrons. The van der Waals surface area contributed by atoms with Crippen LogP contribution in [0.1, 0.15) is 35.7 Å². The summed E-state index contributed by atoms with van der Waals surface area (Å²) in [5, 5.41) is 20.8. The maximum absolute atomic E-state index is 11.9. The van der Waals surface area contributed by atoms with Crippen molar-refractivity contribution in [2.24, 2.45) is 0 Å². The van der Waals surface area contributed by atoms with Crippen LogP contribution in [-0.4, -0.2) is 28.1 Å². The van der Waals surface area contributed by atoms with Gasteiger partial charge in [0, 0.05) is 12.5 Å². The predicted molar refractivity (Wildman–Crippen MR) is 66.6 cm³/mol. The highest BCUT2D eigenvalue weighted by Crippen LogP contribution is 2.18. The molecule has 3 N–H and O–H groups in total. The first-order valence-corrected chi connectivity index (χ1v) is 5.72. The maximum atomic E-state index is 11.9. The van der Waals surface area contributed by atoms with Crippen LogP contribution in [0.5, 0.6) is 5.75 Å². The number of hydrogen-bond acceptors (Lipinski definition) is 3. The van der Waals surface area contributed by atoms with Crippen molar-refractivity contribution in [2.75, 3.05) is 0 Å². The van der Waals surface area contributed by atoms with Crippen molar-refractivity contribution in [2.45, 2.75) is 32.7 Å². The van der Waals surface area contributed by atoms with Crippen molar-refractivity contribution < 1.29 is 19.8 Å². The Balaban J connectivity index is 2.64. The molecule has 0 aliphatic rings. The zero-order valence-corrected chi connectivity index (χ0v) is 10.4. The number of hydrogen-bond donors (Lipinski definition) is 3. The number of carboxylic acids is 1. The molecular formula is C13H17NO4. The van der Waals surface area contributed by atoms with Crippen molar-refractivity contribution in [3.8, 4) is 5.75 Å². The number of aryl methyl sites for hydroxylation is 1. The van der Waals surface area contributed by atoms with Crippen LogP contribution in [0.2, 0.25) is 0 Å². The second-order valence-electron chi connectivity index (χ2n) is 4.33. The quantitative estimate of drug-likeness (QED) is 0.743. The molecule has 0 saturated carbocycles. The van der Waals surface area contributed by atoms with E-state index in [2.05, 4.69) is 5.32 Å². The molecule has 0 aliphatic heterocycles. The first kappa shape index (κ1) is 14.0. The van der Waals surface area contributed by atoms with Crippen molar-refractivity contribution in [3.63, 3.8) is 0 Å². The van der Waals surface area contributed by atoms with E-state index in [0.717, 1.165) is 5.56 Å². The van der Waals surface area contributed by atoms with E-state index in [1.54, 1.807) is 19.1 Å². The molecule has 1 unspecified atom stereocenters. The van der Waals surface area contributed by atoms with E-state index in [-0.39, 0.29) is 23.8 Å². The highest BCUT2D eigenvalue weighted by molar-refractivity contribution is 5.97. The Hall–Kier alpha value is -2.04. The van der Waals surface area contributed by atoms with Gasteiger partial charge in [0.15, 0.2) is 0 Å². The molecule has 0 aromatic heterocycles. The Morgan fingerprint density at radius 1 is 1.39 bits per heavy atom. The first-order chi connectivity index (χ1) is 8.40. The Morgan fingerprint density at radius 2 is 2.06 bits per heavy atom. The summed E-state index contributed by atoms with van der Waals surface area (Å²) in [5.74, 6) is -1.37. The third-order valence-corrected chi connectivity index (χ3v) is 2.57. The fourth-order valence-corrected chi connectivity index (χ4v) is 1.55. The number of phenols is 1. The number of aliphatic carboxylic acids is 1. The Kier molecular flexibility index (Phi) is 4.71. The summed E-state index contributed by atoms with van der Waals surface area (Å²) in [4.78, 5) is 22.3. The minimum Gasteiger partial charge on any atom is -0.507 e. The maximum Gasteiger partial charge on any atom is 0.303 e. The third kappa shape index (κ3) is 4.08.